The lowest BCUT2D eigenvalue weighted by Crippen LogP contribution is -2.39. The molecule has 0 aliphatic carbocycles. The number of rotatable bonds is 1. The number of amides is 1. The van der Waals surface area contributed by atoms with E-state index in [9.17, 15) is 4.79 Å². The smallest absolute Gasteiger partial charge is 0.410 e. The number of likely N-dealkylation sites (tertiary alicyclic amines) is 1. The average Bonchev–Trinajstić information content (AvgIpc) is 2.43. The second-order valence-electron chi connectivity index (χ2n) is 5.32. The number of hydrogen-bond donors (Lipinski definition) is 1. The van der Waals surface area contributed by atoms with Gasteiger partial charge in [-0.1, -0.05) is 0 Å². The number of hydrogen-bond acceptors (Lipinski definition) is 3. The fourth-order valence-electron chi connectivity index (χ4n) is 1.89. The highest BCUT2D eigenvalue weighted by atomic mass is 16.6. The molecule has 4 nitrogen and oxygen atoms in total. The van der Waals surface area contributed by atoms with Crippen LogP contribution in [-0.2, 0) is 4.74 Å². The quantitative estimate of drug-likeness (QED) is 0.721. The number of ether oxygens (including phenoxy) is 1. The minimum absolute atomic E-state index is 0.217. The monoisotopic (exact) mass is 214 g/mol. The molecule has 15 heavy (non-hydrogen) atoms. The first kappa shape index (κ1) is 12.3. The van der Waals surface area contributed by atoms with Crippen molar-refractivity contribution >= 4 is 6.09 Å². The van der Waals surface area contributed by atoms with E-state index in [1.807, 2.05) is 27.7 Å². The molecule has 1 heterocycles. The van der Waals surface area contributed by atoms with E-state index >= 15 is 0 Å². The van der Waals surface area contributed by atoms with Crippen LogP contribution in [0.15, 0.2) is 0 Å². The lowest BCUT2D eigenvalue weighted by atomic mass is 10.1. The Balaban J connectivity index is 2.54. The summed E-state index contributed by atoms with van der Waals surface area (Å²) in [6, 6.07) is 0.244. The highest BCUT2D eigenvalue weighted by Gasteiger charge is 2.34. The normalized spacial score (nSPS) is 26.9. The molecule has 0 aromatic carbocycles. The maximum absolute atomic E-state index is 11.8. The maximum Gasteiger partial charge on any atom is 0.410 e. The molecule has 1 fully saturated rings. The Hall–Kier alpha value is -0.770. The van der Waals surface area contributed by atoms with Gasteiger partial charge in [0.25, 0.3) is 0 Å². The van der Waals surface area contributed by atoms with Crippen molar-refractivity contribution in [2.24, 2.45) is 11.7 Å². The molecule has 88 valence electrons. The first-order valence-electron chi connectivity index (χ1n) is 5.53. The van der Waals surface area contributed by atoms with E-state index in [1.165, 1.54) is 0 Å². The predicted molar refractivity (Wildman–Crippen MR) is 59.6 cm³/mol. The molecular weight excluding hydrogens is 192 g/mol. The van der Waals surface area contributed by atoms with Gasteiger partial charge in [-0.2, -0.15) is 0 Å². The van der Waals surface area contributed by atoms with E-state index in [2.05, 4.69) is 0 Å². The van der Waals surface area contributed by atoms with Crippen LogP contribution in [0, 0.1) is 5.92 Å². The van der Waals surface area contributed by atoms with Crippen LogP contribution < -0.4 is 5.73 Å². The summed E-state index contributed by atoms with van der Waals surface area (Å²) in [5, 5.41) is 0. The van der Waals surface area contributed by atoms with Gasteiger partial charge < -0.3 is 15.4 Å². The molecule has 1 rings (SSSR count). The largest absolute Gasteiger partial charge is 0.444 e. The predicted octanol–water partition coefficient (Wildman–Crippen LogP) is 1.59. The third kappa shape index (κ3) is 3.38. The summed E-state index contributed by atoms with van der Waals surface area (Å²) in [4.78, 5) is 13.6. The van der Waals surface area contributed by atoms with Gasteiger partial charge in [0.1, 0.15) is 5.60 Å². The minimum atomic E-state index is -0.419. The Kier molecular flexibility index (Phi) is 3.60. The molecule has 0 bridgehead atoms. The molecular formula is C11H22N2O2. The first-order chi connectivity index (χ1) is 6.83. The van der Waals surface area contributed by atoms with Crippen molar-refractivity contribution in [2.45, 2.75) is 45.8 Å². The fraction of sp³-hybridized carbons (Fsp3) is 0.909. The van der Waals surface area contributed by atoms with E-state index in [0.29, 0.717) is 12.5 Å². The summed E-state index contributed by atoms with van der Waals surface area (Å²) >= 11 is 0. The van der Waals surface area contributed by atoms with E-state index in [4.69, 9.17) is 10.5 Å². The van der Waals surface area contributed by atoms with Crippen LogP contribution in [0.25, 0.3) is 0 Å². The Morgan fingerprint density at radius 1 is 1.53 bits per heavy atom. The van der Waals surface area contributed by atoms with Crippen molar-refractivity contribution in [2.75, 3.05) is 13.1 Å². The lowest BCUT2D eigenvalue weighted by molar-refractivity contribution is 0.0234. The molecule has 2 N–H and O–H groups in total. The summed E-state index contributed by atoms with van der Waals surface area (Å²) in [6.45, 7) is 9.06. The first-order valence-corrected chi connectivity index (χ1v) is 5.53. The Bertz CT molecular complexity index is 235. The van der Waals surface area contributed by atoms with Crippen molar-refractivity contribution in [1.82, 2.24) is 4.90 Å². The van der Waals surface area contributed by atoms with Gasteiger partial charge in [-0.05, 0) is 46.6 Å². The van der Waals surface area contributed by atoms with Gasteiger partial charge in [0.05, 0.1) is 0 Å². The molecule has 0 unspecified atom stereocenters. The zero-order valence-corrected chi connectivity index (χ0v) is 10.1. The molecule has 1 aliphatic heterocycles. The summed E-state index contributed by atoms with van der Waals surface area (Å²) in [6.07, 6.45) is 0.765. The Morgan fingerprint density at radius 2 is 2.13 bits per heavy atom. The molecule has 1 amide bonds. The molecule has 2 atom stereocenters. The number of nitrogens with zero attached hydrogens (tertiary/aromatic N) is 1. The summed E-state index contributed by atoms with van der Waals surface area (Å²) in [5.41, 5.74) is 5.19. The van der Waals surface area contributed by atoms with Gasteiger partial charge >= 0.3 is 6.09 Å². The van der Waals surface area contributed by atoms with Crippen molar-refractivity contribution in [1.29, 1.82) is 0 Å². The zero-order valence-electron chi connectivity index (χ0n) is 10.1. The van der Waals surface area contributed by atoms with Gasteiger partial charge in [0, 0.05) is 12.6 Å². The van der Waals surface area contributed by atoms with Crippen LogP contribution in [0.4, 0.5) is 4.79 Å². The molecule has 0 spiro atoms. The SMILES string of the molecule is C[C@H]1C[C@H](CN)CN1C(=O)OC(C)(C)C. The van der Waals surface area contributed by atoms with Gasteiger partial charge in [-0.3, -0.25) is 0 Å². The molecule has 0 saturated carbocycles. The van der Waals surface area contributed by atoms with Crippen molar-refractivity contribution in [3.8, 4) is 0 Å². The molecule has 1 aliphatic rings. The maximum atomic E-state index is 11.8. The van der Waals surface area contributed by atoms with E-state index in [-0.39, 0.29) is 12.1 Å². The van der Waals surface area contributed by atoms with E-state index < -0.39 is 5.60 Å². The van der Waals surface area contributed by atoms with Crippen molar-refractivity contribution in [3.63, 3.8) is 0 Å². The van der Waals surface area contributed by atoms with Crippen molar-refractivity contribution in [3.05, 3.63) is 0 Å². The van der Waals surface area contributed by atoms with Crippen LogP contribution in [0.1, 0.15) is 34.1 Å². The fourth-order valence-corrected chi connectivity index (χ4v) is 1.89. The van der Waals surface area contributed by atoms with Crippen LogP contribution >= 0.6 is 0 Å². The molecule has 1 saturated heterocycles. The topological polar surface area (TPSA) is 55.6 Å². The summed E-state index contributed by atoms with van der Waals surface area (Å²) in [5.74, 6) is 0.424. The number of carbonyl (C=O) groups is 1. The van der Waals surface area contributed by atoms with Crippen LogP contribution in [0.2, 0.25) is 0 Å². The Morgan fingerprint density at radius 3 is 2.53 bits per heavy atom. The Labute approximate surface area is 91.8 Å². The highest BCUT2D eigenvalue weighted by Crippen LogP contribution is 2.24. The number of carbonyl (C=O) groups excluding carboxylic acids is 1. The van der Waals surface area contributed by atoms with Gasteiger partial charge in [-0.15, -0.1) is 0 Å². The third-order valence-corrected chi connectivity index (χ3v) is 2.62. The van der Waals surface area contributed by atoms with Gasteiger partial charge in [0.2, 0.25) is 0 Å². The van der Waals surface area contributed by atoms with E-state index in [0.717, 1.165) is 13.0 Å². The van der Waals surface area contributed by atoms with Gasteiger partial charge in [-0.25, -0.2) is 4.79 Å². The highest BCUT2D eigenvalue weighted by molar-refractivity contribution is 5.68. The van der Waals surface area contributed by atoms with E-state index in [1.54, 1.807) is 4.90 Å². The van der Waals surface area contributed by atoms with Crippen LogP contribution in [0.3, 0.4) is 0 Å². The second-order valence-corrected chi connectivity index (χ2v) is 5.32. The second kappa shape index (κ2) is 4.39. The van der Waals surface area contributed by atoms with Crippen LogP contribution in [0.5, 0.6) is 0 Å². The minimum Gasteiger partial charge on any atom is -0.444 e. The van der Waals surface area contributed by atoms with Crippen molar-refractivity contribution < 1.29 is 9.53 Å². The molecule has 4 heteroatoms. The lowest BCUT2D eigenvalue weighted by Gasteiger charge is -2.27. The molecule has 0 aromatic rings. The third-order valence-electron chi connectivity index (χ3n) is 2.62. The summed E-state index contributed by atoms with van der Waals surface area (Å²) in [7, 11) is 0. The molecule has 0 radical (unpaired) electrons. The molecule has 0 aromatic heterocycles. The standard InChI is InChI=1S/C11H22N2O2/c1-8-5-9(6-12)7-13(8)10(14)15-11(2,3)4/h8-9H,5-7,12H2,1-4H3/t8-,9+/m0/s1. The average molecular weight is 214 g/mol. The number of nitrogens with two attached hydrogens (primary N) is 1. The van der Waals surface area contributed by atoms with Gasteiger partial charge in [0.15, 0.2) is 0 Å². The van der Waals surface area contributed by atoms with Crippen LogP contribution in [-0.4, -0.2) is 35.7 Å². The summed E-state index contributed by atoms with van der Waals surface area (Å²) < 4.78 is 5.33. The zero-order chi connectivity index (χ0) is 11.6.